The first-order valence-electron chi connectivity index (χ1n) is 5.85. The molecule has 1 aliphatic carbocycles. The van der Waals surface area contributed by atoms with E-state index in [0.717, 1.165) is 25.7 Å². The molecule has 1 rings (SSSR count). The standard InChI is InChI=1S/C11H22N2O2.ClH/c1-2-15-7-6-13-11(14)9-4-3-5-10(12)8-9;/h9-10H,2-8,12H2,1H3,(H,13,14);1H. The zero-order valence-electron chi connectivity index (χ0n) is 9.91. The highest BCUT2D eigenvalue weighted by molar-refractivity contribution is 5.85. The van der Waals surface area contributed by atoms with Crippen LogP contribution in [-0.4, -0.2) is 31.7 Å². The third kappa shape index (κ3) is 5.68. The Morgan fingerprint density at radius 3 is 2.88 bits per heavy atom. The van der Waals surface area contributed by atoms with Crippen LogP contribution in [-0.2, 0) is 9.53 Å². The Balaban J connectivity index is 0.00000225. The number of carbonyl (C=O) groups excluding carboxylic acids is 1. The summed E-state index contributed by atoms with van der Waals surface area (Å²) in [7, 11) is 0. The minimum Gasteiger partial charge on any atom is -0.380 e. The predicted octanol–water partition coefficient (Wildman–Crippen LogP) is 1.08. The molecule has 5 heteroatoms. The molecule has 96 valence electrons. The second-order valence-corrected chi connectivity index (χ2v) is 4.11. The maximum Gasteiger partial charge on any atom is 0.223 e. The summed E-state index contributed by atoms with van der Waals surface area (Å²) >= 11 is 0. The first-order chi connectivity index (χ1) is 7.24. The molecular weight excluding hydrogens is 228 g/mol. The molecule has 0 aromatic rings. The first-order valence-corrected chi connectivity index (χ1v) is 5.85. The molecular formula is C11H23ClN2O2. The van der Waals surface area contributed by atoms with Crippen molar-refractivity contribution in [2.75, 3.05) is 19.8 Å². The van der Waals surface area contributed by atoms with Crippen molar-refractivity contribution >= 4 is 18.3 Å². The highest BCUT2D eigenvalue weighted by Crippen LogP contribution is 2.22. The van der Waals surface area contributed by atoms with E-state index in [1.54, 1.807) is 0 Å². The fraction of sp³-hybridized carbons (Fsp3) is 0.909. The van der Waals surface area contributed by atoms with Crippen LogP contribution in [0.15, 0.2) is 0 Å². The summed E-state index contributed by atoms with van der Waals surface area (Å²) in [5.74, 6) is 0.264. The van der Waals surface area contributed by atoms with Crippen molar-refractivity contribution < 1.29 is 9.53 Å². The Hall–Kier alpha value is -0.320. The number of ether oxygens (including phenoxy) is 1. The van der Waals surface area contributed by atoms with Gasteiger partial charge in [-0.3, -0.25) is 4.79 Å². The van der Waals surface area contributed by atoms with Gasteiger partial charge in [-0.25, -0.2) is 0 Å². The fourth-order valence-corrected chi connectivity index (χ4v) is 2.00. The summed E-state index contributed by atoms with van der Waals surface area (Å²) in [6.07, 6.45) is 3.95. The Morgan fingerprint density at radius 2 is 2.25 bits per heavy atom. The van der Waals surface area contributed by atoms with Crippen molar-refractivity contribution in [2.45, 2.75) is 38.6 Å². The van der Waals surface area contributed by atoms with Gasteiger partial charge in [0.2, 0.25) is 5.91 Å². The SMILES string of the molecule is CCOCCNC(=O)C1CCCC(N)C1.Cl. The number of amides is 1. The van der Waals surface area contributed by atoms with Crippen molar-refractivity contribution in [3.8, 4) is 0 Å². The molecule has 0 radical (unpaired) electrons. The van der Waals surface area contributed by atoms with E-state index in [9.17, 15) is 4.79 Å². The number of hydrogen-bond acceptors (Lipinski definition) is 3. The number of rotatable bonds is 5. The third-order valence-corrected chi connectivity index (χ3v) is 2.84. The summed E-state index contributed by atoms with van der Waals surface area (Å²) in [6, 6.07) is 0.210. The molecule has 1 fully saturated rings. The lowest BCUT2D eigenvalue weighted by molar-refractivity contribution is -0.126. The van der Waals surface area contributed by atoms with Crippen LogP contribution in [0.25, 0.3) is 0 Å². The number of halogens is 1. The Morgan fingerprint density at radius 1 is 1.50 bits per heavy atom. The normalized spacial score (nSPS) is 24.6. The lowest BCUT2D eigenvalue weighted by Gasteiger charge is -2.25. The average Bonchev–Trinajstić information content (AvgIpc) is 2.24. The van der Waals surface area contributed by atoms with E-state index < -0.39 is 0 Å². The van der Waals surface area contributed by atoms with E-state index in [4.69, 9.17) is 10.5 Å². The second kappa shape index (κ2) is 8.79. The lowest BCUT2D eigenvalue weighted by Crippen LogP contribution is -2.38. The quantitative estimate of drug-likeness (QED) is 0.718. The number of hydrogen-bond donors (Lipinski definition) is 2. The zero-order valence-corrected chi connectivity index (χ0v) is 10.7. The van der Waals surface area contributed by atoms with Crippen molar-refractivity contribution in [3.05, 3.63) is 0 Å². The van der Waals surface area contributed by atoms with Crippen molar-refractivity contribution in [1.82, 2.24) is 5.32 Å². The number of carbonyl (C=O) groups is 1. The highest BCUT2D eigenvalue weighted by atomic mass is 35.5. The summed E-state index contributed by atoms with van der Waals surface area (Å²) in [5.41, 5.74) is 5.83. The second-order valence-electron chi connectivity index (χ2n) is 4.11. The molecule has 0 heterocycles. The van der Waals surface area contributed by atoms with Gasteiger partial charge in [0.15, 0.2) is 0 Å². The first kappa shape index (κ1) is 15.7. The minimum absolute atomic E-state index is 0. The van der Waals surface area contributed by atoms with Crippen LogP contribution in [0, 0.1) is 5.92 Å². The molecule has 3 N–H and O–H groups in total. The van der Waals surface area contributed by atoms with Crippen LogP contribution in [0.4, 0.5) is 0 Å². The van der Waals surface area contributed by atoms with Gasteiger partial charge in [-0.15, -0.1) is 12.4 Å². The zero-order chi connectivity index (χ0) is 11.1. The van der Waals surface area contributed by atoms with Gasteiger partial charge in [0.1, 0.15) is 0 Å². The molecule has 2 atom stereocenters. The van der Waals surface area contributed by atoms with Crippen molar-refractivity contribution in [2.24, 2.45) is 11.7 Å². The fourth-order valence-electron chi connectivity index (χ4n) is 2.00. The number of nitrogens with one attached hydrogen (secondary N) is 1. The molecule has 1 saturated carbocycles. The summed E-state index contributed by atoms with van der Waals surface area (Å²) < 4.78 is 5.15. The van der Waals surface area contributed by atoms with Gasteiger partial charge in [-0.05, 0) is 26.2 Å². The molecule has 0 aromatic heterocycles. The van der Waals surface area contributed by atoms with Gasteiger partial charge < -0.3 is 15.8 Å². The molecule has 0 aliphatic heterocycles. The Labute approximate surface area is 104 Å². The molecule has 0 saturated heterocycles. The van der Waals surface area contributed by atoms with E-state index >= 15 is 0 Å². The molecule has 0 spiro atoms. The van der Waals surface area contributed by atoms with Crippen LogP contribution in [0.1, 0.15) is 32.6 Å². The molecule has 0 bridgehead atoms. The maximum absolute atomic E-state index is 11.7. The van der Waals surface area contributed by atoms with Gasteiger partial charge in [0.05, 0.1) is 6.61 Å². The minimum atomic E-state index is 0. The van der Waals surface area contributed by atoms with Crippen LogP contribution in [0.2, 0.25) is 0 Å². The van der Waals surface area contributed by atoms with Crippen molar-refractivity contribution in [3.63, 3.8) is 0 Å². The molecule has 2 unspecified atom stereocenters. The number of nitrogens with two attached hydrogens (primary N) is 1. The van der Waals surface area contributed by atoms with E-state index in [1.807, 2.05) is 6.92 Å². The topological polar surface area (TPSA) is 64.3 Å². The smallest absolute Gasteiger partial charge is 0.223 e. The summed E-state index contributed by atoms with van der Waals surface area (Å²) in [4.78, 5) is 11.7. The van der Waals surface area contributed by atoms with E-state index in [-0.39, 0.29) is 30.3 Å². The van der Waals surface area contributed by atoms with E-state index in [1.165, 1.54) is 0 Å². The predicted molar refractivity (Wildman–Crippen MR) is 66.7 cm³/mol. The van der Waals surface area contributed by atoms with Crippen LogP contribution >= 0.6 is 12.4 Å². The van der Waals surface area contributed by atoms with Crippen LogP contribution < -0.4 is 11.1 Å². The van der Waals surface area contributed by atoms with Gasteiger partial charge in [-0.2, -0.15) is 0 Å². The van der Waals surface area contributed by atoms with Gasteiger partial charge in [0.25, 0.3) is 0 Å². The van der Waals surface area contributed by atoms with E-state index in [0.29, 0.717) is 19.8 Å². The molecule has 1 aliphatic rings. The van der Waals surface area contributed by atoms with Gasteiger partial charge in [0, 0.05) is 25.1 Å². The molecule has 0 aromatic carbocycles. The van der Waals surface area contributed by atoms with E-state index in [2.05, 4.69) is 5.32 Å². The monoisotopic (exact) mass is 250 g/mol. The van der Waals surface area contributed by atoms with Gasteiger partial charge in [-0.1, -0.05) is 6.42 Å². The Bertz CT molecular complexity index is 202. The highest BCUT2D eigenvalue weighted by Gasteiger charge is 2.24. The lowest BCUT2D eigenvalue weighted by atomic mass is 9.85. The van der Waals surface area contributed by atoms with Crippen LogP contribution in [0.5, 0.6) is 0 Å². The van der Waals surface area contributed by atoms with Gasteiger partial charge >= 0.3 is 0 Å². The molecule has 16 heavy (non-hydrogen) atoms. The largest absolute Gasteiger partial charge is 0.380 e. The summed E-state index contributed by atoms with van der Waals surface area (Å²) in [5, 5.41) is 2.89. The maximum atomic E-state index is 11.7. The molecule has 4 nitrogen and oxygen atoms in total. The molecule has 1 amide bonds. The van der Waals surface area contributed by atoms with Crippen LogP contribution in [0.3, 0.4) is 0 Å². The average molecular weight is 251 g/mol. The summed E-state index contributed by atoms with van der Waals surface area (Å²) in [6.45, 7) is 3.85. The Kier molecular flexibility index (Phi) is 8.61. The third-order valence-electron chi connectivity index (χ3n) is 2.84. The van der Waals surface area contributed by atoms with Crippen molar-refractivity contribution in [1.29, 1.82) is 0 Å².